The van der Waals surface area contributed by atoms with E-state index in [1.807, 2.05) is 12.2 Å². The smallest absolute Gasteiger partial charge is 0.315 e. The van der Waals surface area contributed by atoms with Crippen molar-refractivity contribution in [2.75, 3.05) is 6.61 Å². The fourth-order valence-electron chi connectivity index (χ4n) is 2.50. The van der Waals surface area contributed by atoms with Crippen molar-refractivity contribution in [3.8, 4) is 0 Å². The molecule has 3 atom stereocenters. The van der Waals surface area contributed by atoms with Gasteiger partial charge in [-0.3, -0.25) is 0 Å². The van der Waals surface area contributed by atoms with Crippen LogP contribution in [-0.2, 0) is 0 Å². The number of unbranched alkanes of at least 4 members (excludes halogenated alkanes) is 1. The van der Waals surface area contributed by atoms with Gasteiger partial charge in [0.15, 0.2) is 0 Å². The molecule has 0 saturated carbocycles. The van der Waals surface area contributed by atoms with Crippen molar-refractivity contribution in [2.24, 2.45) is 5.92 Å². The quantitative estimate of drug-likeness (QED) is 0.593. The Hall–Kier alpha value is -1.03. The van der Waals surface area contributed by atoms with Crippen LogP contribution < -0.4 is 10.6 Å². The summed E-state index contributed by atoms with van der Waals surface area (Å²) in [6.45, 7) is 4.47. The first-order chi connectivity index (χ1) is 9.19. The largest absolute Gasteiger partial charge is 0.396 e. The summed E-state index contributed by atoms with van der Waals surface area (Å²) < 4.78 is 0. The summed E-state index contributed by atoms with van der Waals surface area (Å²) in [6.07, 6.45) is 10.2. The normalized spacial score (nSPS) is 23.3. The zero-order chi connectivity index (χ0) is 14.1. The molecule has 1 aliphatic rings. The van der Waals surface area contributed by atoms with Gasteiger partial charge in [-0.15, -0.1) is 0 Å². The molecule has 0 bridgehead atoms. The molecule has 3 N–H and O–H groups in total. The maximum Gasteiger partial charge on any atom is 0.315 e. The van der Waals surface area contributed by atoms with Crippen molar-refractivity contribution < 1.29 is 9.90 Å². The van der Waals surface area contributed by atoms with Crippen LogP contribution in [0.5, 0.6) is 0 Å². The van der Waals surface area contributed by atoms with Gasteiger partial charge in [0.1, 0.15) is 0 Å². The Morgan fingerprint density at radius 2 is 2.11 bits per heavy atom. The minimum Gasteiger partial charge on any atom is -0.396 e. The van der Waals surface area contributed by atoms with Crippen LogP contribution in [0.25, 0.3) is 0 Å². The molecule has 0 aliphatic heterocycles. The van der Waals surface area contributed by atoms with Gasteiger partial charge in [-0.25, -0.2) is 4.79 Å². The highest BCUT2D eigenvalue weighted by Gasteiger charge is 2.20. The second-order valence-electron chi connectivity index (χ2n) is 5.42. The molecule has 1 aliphatic carbocycles. The molecule has 110 valence electrons. The van der Waals surface area contributed by atoms with Crippen molar-refractivity contribution in [1.29, 1.82) is 0 Å². The van der Waals surface area contributed by atoms with Gasteiger partial charge in [0, 0.05) is 24.6 Å². The number of carbonyl (C=O) groups is 1. The van der Waals surface area contributed by atoms with E-state index in [0.717, 1.165) is 38.5 Å². The van der Waals surface area contributed by atoms with Crippen molar-refractivity contribution in [2.45, 2.75) is 64.5 Å². The Balaban J connectivity index is 2.30. The van der Waals surface area contributed by atoms with Crippen molar-refractivity contribution in [3.05, 3.63) is 12.2 Å². The van der Waals surface area contributed by atoms with E-state index >= 15 is 0 Å². The number of amides is 2. The van der Waals surface area contributed by atoms with Gasteiger partial charge >= 0.3 is 6.03 Å². The van der Waals surface area contributed by atoms with Crippen LogP contribution in [0.15, 0.2) is 12.2 Å². The summed E-state index contributed by atoms with van der Waals surface area (Å²) in [7, 11) is 0. The number of rotatable bonds is 8. The zero-order valence-electron chi connectivity index (χ0n) is 12.2. The molecule has 4 heteroatoms. The van der Waals surface area contributed by atoms with Gasteiger partial charge < -0.3 is 15.7 Å². The first-order valence-corrected chi connectivity index (χ1v) is 7.55. The minimum absolute atomic E-state index is 0.0607. The first kappa shape index (κ1) is 16.0. The molecule has 0 spiro atoms. The molecule has 0 fully saturated rings. The summed E-state index contributed by atoms with van der Waals surface area (Å²) in [4.78, 5) is 11.9. The highest BCUT2D eigenvalue weighted by Crippen LogP contribution is 2.16. The molecule has 0 saturated heterocycles. The Labute approximate surface area is 116 Å². The van der Waals surface area contributed by atoms with Gasteiger partial charge in [-0.2, -0.15) is 0 Å². The van der Waals surface area contributed by atoms with Gasteiger partial charge in [0.05, 0.1) is 0 Å². The molecule has 0 heterocycles. The third-order valence-electron chi connectivity index (χ3n) is 3.60. The Bertz CT molecular complexity index is 292. The highest BCUT2D eigenvalue weighted by molar-refractivity contribution is 5.74. The first-order valence-electron chi connectivity index (χ1n) is 7.55. The van der Waals surface area contributed by atoms with Crippen LogP contribution in [0, 0.1) is 5.92 Å². The van der Waals surface area contributed by atoms with E-state index in [1.165, 1.54) is 0 Å². The van der Waals surface area contributed by atoms with E-state index in [4.69, 9.17) is 5.11 Å². The summed E-state index contributed by atoms with van der Waals surface area (Å²) in [5, 5.41) is 15.1. The number of aliphatic hydroxyl groups is 1. The van der Waals surface area contributed by atoms with Gasteiger partial charge in [0.2, 0.25) is 0 Å². The van der Waals surface area contributed by atoms with Crippen LogP contribution >= 0.6 is 0 Å². The van der Waals surface area contributed by atoms with Gasteiger partial charge in [-0.1, -0.05) is 45.3 Å². The fraction of sp³-hybridized carbons (Fsp3) is 0.800. The zero-order valence-corrected chi connectivity index (χ0v) is 12.2. The maximum atomic E-state index is 11.9. The van der Waals surface area contributed by atoms with E-state index in [-0.39, 0.29) is 30.6 Å². The van der Waals surface area contributed by atoms with Crippen LogP contribution in [0.3, 0.4) is 0 Å². The molecule has 2 amide bonds. The van der Waals surface area contributed by atoms with Gasteiger partial charge in [0.25, 0.3) is 0 Å². The SMILES string of the molecule is CCCCC(CCC)NC(=O)N[C@@H]1C=C[C@H](CO)C1. The molecule has 1 rings (SSSR count). The Kier molecular flexibility index (Phi) is 7.56. The lowest BCUT2D eigenvalue weighted by molar-refractivity contribution is 0.227. The molecular weight excluding hydrogens is 240 g/mol. The molecule has 1 unspecified atom stereocenters. The summed E-state index contributed by atoms with van der Waals surface area (Å²) in [6, 6.07) is 0.261. The van der Waals surface area contributed by atoms with Crippen LogP contribution in [0.2, 0.25) is 0 Å². The standard InChI is InChI=1S/C15H28N2O2/c1-3-5-7-13(6-4-2)16-15(19)17-14-9-8-12(10-14)11-18/h8-9,12-14,18H,3-7,10-11H2,1-2H3,(H2,16,17,19)/t12-,13?,14+/m0/s1. The van der Waals surface area contributed by atoms with Crippen molar-refractivity contribution >= 4 is 6.03 Å². The molecule has 4 nitrogen and oxygen atoms in total. The summed E-state index contributed by atoms with van der Waals surface area (Å²) in [5.74, 6) is 0.192. The average molecular weight is 268 g/mol. The van der Waals surface area contributed by atoms with E-state index in [9.17, 15) is 4.79 Å². The third kappa shape index (κ3) is 6.10. The second kappa shape index (κ2) is 8.97. The monoisotopic (exact) mass is 268 g/mol. The lowest BCUT2D eigenvalue weighted by atomic mass is 10.1. The number of hydrogen-bond donors (Lipinski definition) is 3. The number of hydrogen-bond acceptors (Lipinski definition) is 2. The van der Waals surface area contributed by atoms with Crippen molar-refractivity contribution in [1.82, 2.24) is 10.6 Å². The van der Waals surface area contributed by atoms with E-state index < -0.39 is 0 Å². The minimum atomic E-state index is -0.0807. The van der Waals surface area contributed by atoms with E-state index in [2.05, 4.69) is 24.5 Å². The second-order valence-corrected chi connectivity index (χ2v) is 5.42. The number of urea groups is 1. The number of carbonyl (C=O) groups excluding carboxylic acids is 1. The fourth-order valence-corrected chi connectivity index (χ4v) is 2.50. The topological polar surface area (TPSA) is 61.4 Å². The lowest BCUT2D eigenvalue weighted by Crippen LogP contribution is -2.45. The average Bonchev–Trinajstić information content (AvgIpc) is 2.83. The van der Waals surface area contributed by atoms with Crippen LogP contribution in [0.1, 0.15) is 52.4 Å². The van der Waals surface area contributed by atoms with E-state index in [0.29, 0.717) is 0 Å². The predicted octanol–water partition coefficient (Wildman–Crippen LogP) is 2.58. The Morgan fingerprint density at radius 1 is 1.32 bits per heavy atom. The molecule has 19 heavy (non-hydrogen) atoms. The Morgan fingerprint density at radius 3 is 2.68 bits per heavy atom. The summed E-state index contributed by atoms with van der Waals surface area (Å²) in [5.41, 5.74) is 0. The number of aliphatic hydroxyl groups excluding tert-OH is 1. The lowest BCUT2D eigenvalue weighted by Gasteiger charge is -2.20. The molecule has 0 aromatic rings. The molecule has 0 aromatic carbocycles. The molecule has 0 aromatic heterocycles. The van der Waals surface area contributed by atoms with Crippen molar-refractivity contribution in [3.63, 3.8) is 0 Å². The summed E-state index contributed by atoms with van der Waals surface area (Å²) >= 11 is 0. The van der Waals surface area contributed by atoms with E-state index in [1.54, 1.807) is 0 Å². The predicted molar refractivity (Wildman–Crippen MR) is 78.0 cm³/mol. The third-order valence-corrected chi connectivity index (χ3v) is 3.60. The molecule has 0 radical (unpaired) electrons. The van der Waals surface area contributed by atoms with Gasteiger partial charge in [-0.05, 0) is 19.3 Å². The number of nitrogens with one attached hydrogen (secondary N) is 2. The maximum absolute atomic E-state index is 11.9. The van der Waals surface area contributed by atoms with Crippen LogP contribution in [-0.4, -0.2) is 29.8 Å². The van der Waals surface area contributed by atoms with Crippen LogP contribution in [0.4, 0.5) is 4.79 Å². The highest BCUT2D eigenvalue weighted by atomic mass is 16.3. The molecular formula is C15H28N2O2.